The van der Waals surface area contributed by atoms with Gasteiger partial charge in [-0.3, -0.25) is 4.79 Å². The first kappa shape index (κ1) is 19.8. The number of methoxy groups -OCH3 is 1. The van der Waals surface area contributed by atoms with Crippen LogP contribution in [0.3, 0.4) is 0 Å². The molecule has 0 unspecified atom stereocenters. The minimum Gasteiger partial charge on any atom is -0.481 e. The molecule has 0 spiro atoms. The molecular weight excluding hydrogens is 387 g/mol. The molecule has 154 valence electrons. The fourth-order valence-electron chi connectivity index (χ4n) is 3.27. The van der Waals surface area contributed by atoms with Gasteiger partial charge in [0.1, 0.15) is 11.6 Å². The molecule has 2 aromatic carbocycles. The molecule has 0 bridgehead atoms. The lowest BCUT2D eigenvalue weighted by Crippen LogP contribution is -2.27. The quantitative estimate of drug-likeness (QED) is 0.614. The molecular formula is C23H21FN2O4. The van der Waals surface area contributed by atoms with Gasteiger partial charge in [-0.05, 0) is 55.3 Å². The number of carbonyl (C=O) groups excluding carboxylic acids is 2. The second-order valence-electron chi connectivity index (χ2n) is 7.23. The molecule has 0 aliphatic heterocycles. The Morgan fingerprint density at radius 2 is 1.90 bits per heavy atom. The number of esters is 1. The van der Waals surface area contributed by atoms with Crippen molar-refractivity contribution >= 4 is 28.5 Å². The van der Waals surface area contributed by atoms with Crippen molar-refractivity contribution in [2.24, 2.45) is 5.92 Å². The molecule has 4 rings (SSSR count). The molecule has 1 amide bonds. The van der Waals surface area contributed by atoms with Gasteiger partial charge in [0.15, 0.2) is 6.61 Å². The zero-order valence-electron chi connectivity index (χ0n) is 16.5. The topological polar surface area (TPSA) is 77.5 Å². The number of anilines is 1. The van der Waals surface area contributed by atoms with Crippen LogP contribution in [0.2, 0.25) is 0 Å². The zero-order valence-corrected chi connectivity index (χ0v) is 16.5. The highest BCUT2D eigenvalue weighted by atomic mass is 19.1. The van der Waals surface area contributed by atoms with Gasteiger partial charge >= 0.3 is 5.97 Å². The number of benzene rings is 2. The second-order valence-corrected chi connectivity index (χ2v) is 7.23. The summed E-state index contributed by atoms with van der Waals surface area (Å²) in [5, 5.41) is 3.59. The lowest BCUT2D eigenvalue weighted by Gasteiger charge is -2.24. The Morgan fingerprint density at radius 3 is 2.57 bits per heavy atom. The van der Waals surface area contributed by atoms with E-state index in [-0.39, 0.29) is 24.2 Å². The molecule has 0 atom stereocenters. The Hall–Kier alpha value is -3.48. The summed E-state index contributed by atoms with van der Waals surface area (Å²) >= 11 is 0. The van der Waals surface area contributed by atoms with E-state index in [0.717, 1.165) is 19.3 Å². The summed E-state index contributed by atoms with van der Waals surface area (Å²) in [4.78, 5) is 28.5. The van der Waals surface area contributed by atoms with Gasteiger partial charge in [0.05, 0.1) is 18.3 Å². The highest BCUT2D eigenvalue weighted by Gasteiger charge is 2.25. The van der Waals surface area contributed by atoms with Crippen molar-refractivity contribution in [2.75, 3.05) is 19.0 Å². The molecule has 1 heterocycles. The van der Waals surface area contributed by atoms with Gasteiger partial charge in [0.25, 0.3) is 0 Å². The lowest BCUT2D eigenvalue weighted by molar-refractivity contribution is -0.142. The summed E-state index contributed by atoms with van der Waals surface area (Å²) in [6.07, 6.45) is 2.91. The van der Waals surface area contributed by atoms with Crippen molar-refractivity contribution < 1.29 is 23.5 Å². The predicted octanol–water partition coefficient (Wildman–Crippen LogP) is 4.33. The van der Waals surface area contributed by atoms with Crippen molar-refractivity contribution in [3.63, 3.8) is 0 Å². The first-order valence-corrected chi connectivity index (χ1v) is 9.75. The number of hydrogen-bond donors (Lipinski definition) is 1. The second kappa shape index (κ2) is 8.49. The van der Waals surface area contributed by atoms with Gasteiger partial charge < -0.3 is 14.8 Å². The summed E-state index contributed by atoms with van der Waals surface area (Å²) < 4.78 is 23.6. The zero-order chi connectivity index (χ0) is 21.1. The largest absolute Gasteiger partial charge is 0.481 e. The Bertz CT molecular complexity index is 1090. The number of nitrogens with one attached hydrogen (secondary N) is 1. The van der Waals surface area contributed by atoms with E-state index >= 15 is 0 Å². The minimum absolute atomic E-state index is 0.00789. The van der Waals surface area contributed by atoms with E-state index in [2.05, 4.69) is 15.0 Å². The summed E-state index contributed by atoms with van der Waals surface area (Å²) in [5.41, 5.74) is 2.55. The number of pyridine rings is 1. The fraction of sp³-hybridized carbons (Fsp3) is 0.261. The summed E-state index contributed by atoms with van der Waals surface area (Å²) in [6.45, 7) is -0.267. The molecule has 30 heavy (non-hydrogen) atoms. The van der Waals surface area contributed by atoms with Gasteiger partial charge in [0, 0.05) is 28.6 Å². The van der Waals surface area contributed by atoms with Crippen molar-refractivity contribution in [3.8, 4) is 17.0 Å². The lowest BCUT2D eigenvalue weighted by atomic mass is 9.85. The van der Waals surface area contributed by atoms with E-state index in [1.807, 2.05) is 0 Å². The van der Waals surface area contributed by atoms with E-state index in [9.17, 15) is 14.0 Å². The van der Waals surface area contributed by atoms with E-state index < -0.39 is 5.97 Å². The molecule has 6 nitrogen and oxygen atoms in total. The smallest absolute Gasteiger partial charge is 0.343 e. The molecule has 0 saturated heterocycles. The van der Waals surface area contributed by atoms with Crippen molar-refractivity contribution in [1.82, 2.24) is 4.98 Å². The molecule has 1 aliphatic rings. The number of carbonyl (C=O) groups is 2. The highest BCUT2D eigenvalue weighted by Crippen LogP contribution is 2.33. The monoisotopic (exact) mass is 408 g/mol. The number of fused-ring (bicyclic) bond motifs is 1. The Kier molecular flexibility index (Phi) is 5.61. The maximum atomic E-state index is 13.3. The first-order chi connectivity index (χ1) is 14.5. The molecule has 7 heteroatoms. The van der Waals surface area contributed by atoms with Crippen LogP contribution in [0.15, 0.2) is 48.5 Å². The molecule has 1 N–H and O–H groups in total. The summed E-state index contributed by atoms with van der Waals surface area (Å²) in [7, 11) is 1.29. The van der Waals surface area contributed by atoms with Crippen LogP contribution in [0.1, 0.15) is 19.3 Å². The number of amides is 1. The van der Waals surface area contributed by atoms with Crippen LogP contribution in [0, 0.1) is 11.7 Å². The van der Waals surface area contributed by atoms with Crippen LogP contribution in [0.5, 0.6) is 5.75 Å². The summed E-state index contributed by atoms with van der Waals surface area (Å²) in [6, 6.07) is 13.0. The standard InChI is InChI=1S/C23H21FN2O4/c1-29-22(27)13-30-21-12-20(14-5-7-16(24)8-6-14)26-19-10-9-17(11-18(19)21)25-23(28)15-3-2-4-15/h5-12,15H,2-4,13H2,1H3,(H,25,28). The van der Waals surface area contributed by atoms with Gasteiger partial charge in [0.2, 0.25) is 5.91 Å². The molecule has 1 aliphatic carbocycles. The Morgan fingerprint density at radius 1 is 1.13 bits per heavy atom. The molecule has 0 radical (unpaired) electrons. The van der Waals surface area contributed by atoms with E-state index in [1.165, 1.54) is 19.2 Å². The number of nitrogens with zero attached hydrogens (tertiary/aromatic N) is 1. The third kappa shape index (κ3) is 4.25. The summed E-state index contributed by atoms with van der Waals surface area (Å²) in [5.74, 6) is -0.362. The van der Waals surface area contributed by atoms with Gasteiger partial charge in [-0.25, -0.2) is 14.2 Å². The highest BCUT2D eigenvalue weighted by molar-refractivity contribution is 5.97. The molecule has 3 aromatic rings. The average molecular weight is 408 g/mol. The van der Waals surface area contributed by atoms with Crippen LogP contribution in [-0.2, 0) is 14.3 Å². The SMILES string of the molecule is COC(=O)COc1cc(-c2ccc(F)cc2)nc2ccc(NC(=O)C3CCC3)cc12. The van der Waals surface area contributed by atoms with Crippen LogP contribution >= 0.6 is 0 Å². The minimum atomic E-state index is -0.516. The fourth-order valence-corrected chi connectivity index (χ4v) is 3.27. The van der Waals surface area contributed by atoms with Crippen LogP contribution in [0.4, 0.5) is 10.1 Å². The third-order valence-electron chi connectivity index (χ3n) is 5.23. The normalized spacial score (nSPS) is 13.5. The maximum Gasteiger partial charge on any atom is 0.343 e. The van der Waals surface area contributed by atoms with Gasteiger partial charge in [-0.2, -0.15) is 0 Å². The number of halogens is 1. The average Bonchev–Trinajstić information content (AvgIpc) is 2.70. The van der Waals surface area contributed by atoms with Gasteiger partial charge in [-0.15, -0.1) is 0 Å². The number of hydrogen-bond acceptors (Lipinski definition) is 5. The third-order valence-corrected chi connectivity index (χ3v) is 5.23. The van der Waals surface area contributed by atoms with E-state index in [4.69, 9.17) is 4.74 Å². The van der Waals surface area contributed by atoms with E-state index in [1.54, 1.807) is 36.4 Å². The molecule has 1 saturated carbocycles. The van der Waals surface area contributed by atoms with E-state index in [0.29, 0.717) is 33.6 Å². The predicted molar refractivity (Wildman–Crippen MR) is 111 cm³/mol. The van der Waals surface area contributed by atoms with Gasteiger partial charge in [-0.1, -0.05) is 6.42 Å². The number of aromatic nitrogens is 1. The van der Waals surface area contributed by atoms with Crippen molar-refractivity contribution in [3.05, 3.63) is 54.3 Å². The van der Waals surface area contributed by atoms with Crippen LogP contribution in [0.25, 0.3) is 22.2 Å². The number of ether oxygens (including phenoxy) is 2. The van der Waals surface area contributed by atoms with Crippen LogP contribution in [-0.4, -0.2) is 30.6 Å². The Labute approximate surface area is 173 Å². The molecule has 1 fully saturated rings. The number of rotatable bonds is 6. The van der Waals surface area contributed by atoms with Crippen molar-refractivity contribution in [2.45, 2.75) is 19.3 Å². The first-order valence-electron chi connectivity index (χ1n) is 9.75. The van der Waals surface area contributed by atoms with Crippen LogP contribution < -0.4 is 10.1 Å². The maximum absolute atomic E-state index is 13.3. The molecule has 1 aromatic heterocycles. The Balaban J connectivity index is 1.71. The van der Waals surface area contributed by atoms with Crippen molar-refractivity contribution in [1.29, 1.82) is 0 Å².